The Bertz CT molecular complexity index is 974. The van der Waals surface area contributed by atoms with Crippen molar-refractivity contribution < 1.29 is 4.79 Å². The topological polar surface area (TPSA) is 78.6 Å². The Morgan fingerprint density at radius 2 is 2.04 bits per heavy atom. The monoisotopic (exact) mass is 355 g/mol. The number of benzene rings is 1. The molecule has 5 nitrogen and oxygen atoms in total. The molecule has 1 atom stereocenters. The van der Waals surface area contributed by atoms with Gasteiger partial charge >= 0.3 is 0 Å². The van der Waals surface area contributed by atoms with Gasteiger partial charge in [-0.15, -0.1) is 0 Å². The summed E-state index contributed by atoms with van der Waals surface area (Å²) in [5.74, 6) is 0.0310. The van der Waals surface area contributed by atoms with Crippen molar-refractivity contribution in [1.29, 1.82) is 0 Å². The van der Waals surface area contributed by atoms with Crippen molar-refractivity contribution in [1.82, 2.24) is 15.0 Å². The number of carbonyl (C=O) groups is 1. The summed E-state index contributed by atoms with van der Waals surface area (Å²) >= 11 is 1.29. The first-order valence-corrected chi connectivity index (χ1v) is 9.26. The highest BCUT2D eigenvalue weighted by Crippen LogP contribution is 2.28. The molecule has 3 aromatic rings. The first-order valence-electron chi connectivity index (χ1n) is 8.38. The molecule has 1 aromatic carbocycles. The van der Waals surface area contributed by atoms with Crippen LogP contribution < -0.4 is 5.56 Å². The van der Waals surface area contributed by atoms with E-state index in [1.54, 1.807) is 0 Å². The number of rotatable bonds is 6. The van der Waals surface area contributed by atoms with Gasteiger partial charge in [-0.2, -0.15) is 0 Å². The number of thioether (sulfide) groups is 1. The summed E-state index contributed by atoms with van der Waals surface area (Å²) in [7, 11) is 0. The van der Waals surface area contributed by atoms with Gasteiger partial charge in [0, 0.05) is 33.9 Å². The minimum Gasteiger partial charge on any atom is -0.358 e. The molecule has 0 saturated carbocycles. The van der Waals surface area contributed by atoms with E-state index in [2.05, 4.69) is 15.0 Å². The van der Waals surface area contributed by atoms with Crippen molar-refractivity contribution in [2.24, 2.45) is 0 Å². The third kappa shape index (κ3) is 3.69. The van der Waals surface area contributed by atoms with Crippen LogP contribution in [0.2, 0.25) is 0 Å². The summed E-state index contributed by atoms with van der Waals surface area (Å²) in [4.78, 5) is 35.2. The van der Waals surface area contributed by atoms with E-state index in [9.17, 15) is 9.59 Å². The number of aromatic amines is 2. The predicted molar refractivity (Wildman–Crippen MR) is 102 cm³/mol. The Morgan fingerprint density at radius 1 is 1.28 bits per heavy atom. The maximum atomic E-state index is 13.0. The molecule has 0 amide bonds. The van der Waals surface area contributed by atoms with E-state index in [-0.39, 0.29) is 16.6 Å². The summed E-state index contributed by atoms with van der Waals surface area (Å²) in [5.41, 5.74) is 3.11. The number of nitrogens with one attached hydrogen (secondary N) is 2. The molecular formula is C19H21N3O2S. The molecule has 0 aliphatic rings. The Morgan fingerprint density at radius 3 is 2.80 bits per heavy atom. The molecule has 6 heteroatoms. The second kappa shape index (κ2) is 7.27. The number of hydrogen-bond acceptors (Lipinski definition) is 4. The van der Waals surface area contributed by atoms with Crippen LogP contribution in [0.1, 0.15) is 42.0 Å². The number of ketones is 1. The SMILES string of the molecule is CCCc1cc(=O)[nH]c(S[C@H](C)C(=O)c2c(C)[nH]c3ccccc23)n1. The second-order valence-corrected chi connectivity index (χ2v) is 7.42. The van der Waals surface area contributed by atoms with Crippen LogP contribution in [-0.2, 0) is 6.42 Å². The van der Waals surface area contributed by atoms with Gasteiger partial charge in [0.05, 0.1) is 5.25 Å². The first kappa shape index (κ1) is 17.5. The average Bonchev–Trinajstić information content (AvgIpc) is 2.89. The standard InChI is InChI=1S/C19H21N3O2S/c1-4-7-13-10-16(23)22-19(21-13)25-12(3)18(24)17-11(2)20-15-9-6-5-8-14(15)17/h5-6,8-10,12,20H,4,7H2,1-3H3,(H,21,22,23)/t12-/m1/s1. The third-order valence-corrected chi connectivity index (χ3v) is 5.06. The Labute approximate surface area is 150 Å². The van der Waals surface area contributed by atoms with E-state index >= 15 is 0 Å². The summed E-state index contributed by atoms with van der Waals surface area (Å²) < 4.78 is 0. The number of fused-ring (bicyclic) bond motifs is 1. The van der Waals surface area contributed by atoms with Crippen molar-refractivity contribution in [3.8, 4) is 0 Å². The number of aromatic nitrogens is 3. The molecule has 0 fully saturated rings. The van der Waals surface area contributed by atoms with Gasteiger partial charge in [0.1, 0.15) is 0 Å². The molecule has 2 N–H and O–H groups in total. The predicted octanol–water partition coefficient (Wildman–Crippen LogP) is 3.88. The summed E-state index contributed by atoms with van der Waals surface area (Å²) in [6, 6.07) is 9.30. The summed E-state index contributed by atoms with van der Waals surface area (Å²) in [5, 5.41) is 1.07. The maximum Gasteiger partial charge on any atom is 0.251 e. The van der Waals surface area contributed by atoms with Gasteiger partial charge in [0.15, 0.2) is 10.9 Å². The molecule has 0 aliphatic carbocycles. The van der Waals surface area contributed by atoms with E-state index in [0.717, 1.165) is 35.1 Å². The minimum atomic E-state index is -0.349. The summed E-state index contributed by atoms with van der Waals surface area (Å²) in [6.45, 7) is 5.80. The van der Waals surface area contributed by atoms with E-state index in [1.165, 1.54) is 17.8 Å². The highest BCUT2D eigenvalue weighted by molar-refractivity contribution is 8.00. The van der Waals surface area contributed by atoms with Crippen LogP contribution in [0.4, 0.5) is 0 Å². The van der Waals surface area contributed by atoms with Crippen LogP contribution in [0.15, 0.2) is 40.3 Å². The van der Waals surface area contributed by atoms with Crippen molar-refractivity contribution in [2.75, 3.05) is 0 Å². The highest BCUT2D eigenvalue weighted by atomic mass is 32.2. The number of carbonyl (C=O) groups excluding carboxylic acids is 1. The van der Waals surface area contributed by atoms with Crippen molar-refractivity contribution in [3.05, 3.63) is 57.6 Å². The first-order chi connectivity index (χ1) is 12.0. The molecule has 2 aromatic heterocycles. The van der Waals surface area contributed by atoms with E-state index in [4.69, 9.17) is 0 Å². The third-order valence-electron chi connectivity index (χ3n) is 4.08. The van der Waals surface area contributed by atoms with Crippen LogP contribution >= 0.6 is 11.8 Å². The fourth-order valence-electron chi connectivity index (χ4n) is 2.94. The minimum absolute atomic E-state index is 0.0310. The number of H-pyrrole nitrogens is 2. The lowest BCUT2D eigenvalue weighted by Crippen LogP contribution is -2.17. The molecule has 0 bridgehead atoms. The largest absolute Gasteiger partial charge is 0.358 e. The zero-order chi connectivity index (χ0) is 18.0. The number of para-hydroxylation sites is 1. The molecule has 0 spiro atoms. The molecular weight excluding hydrogens is 334 g/mol. The number of Topliss-reactive ketones (excluding diaryl/α,β-unsaturated/α-hetero) is 1. The lowest BCUT2D eigenvalue weighted by molar-refractivity contribution is 0.0995. The summed E-state index contributed by atoms with van der Waals surface area (Å²) in [6.07, 6.45) is 1.67. The Hall–Kier alpha value is -2.34. The van der Waals surface area contributed by atoms with Crippen LogP contribution in [0.25, 0.3) is 10.9 Å². The molecule has 2 heterocycles. The van der Waals surface area contributed by atoms with Crippen LogP contribution in [0.3, 0.4) is 0 Å². The molecule has 25 heavy (non-hydrogen) atoms. The van der Waals surface area contributed by atoms with Crippen LogP contribution in [0.5, 0.6) is 0 Å². The zero-order valence-electron chi connectivity index (χ0n) is 14.6. The lowest BCUT2D eigenvalue weighted by Gasteiger charge is -2.10. The van der Waals surface area contributed by atoms with Crippen molar-refractivity contribution in [3.63, 3.8) is 0 Å². The molecule has 0 radical (unpaired) electrons. The zero-order valence-corrected chi connectivity index (χ0v) is 15.4. The van der Waals surface area contributed by atoms with E-state index < -0.39 is 0 Å². The molecule has 0 aliphatic heterocycles. The number of nitrogens with zero attached hydrogens (tertiary/aromatic N) is 1. The number of hydrogen-bond donors (Lipinski definition) is 2. The smallest absolute Gasteiger partial charge is 0.251 e. The lowest BCUT2D eigenvalue weighted by atomic mass is 10.1. The quantitative estimate of drug-likeness (QED) is 0.400. The Balaban J connectivity index is 1.88. The van der Waals surface area contributed by atoms with Crippen molar-refractivity contribution in [2.45, 2.75) is 44.0 Å². The van der Waals surface area contributed by atoms with Gasteiger partial charge in [-0.3, -0.25) is 9.59 Å². The van der Waals surface area contributed by atoms with Gasteiger partial charge in [0.2, 0.25) is 0 Å². The fraction of sp³-hybridized carbons (Fsp3) is 0.316. The number of aryl methyl sites for hydroxylation is 2. The van der Waals surface area contributed by atoms with Gasteiger partial charge in [0.25, 0.3) is 5.56 Å². The Kier molecular flexibility index (Phi) is 5.08. The maximum absolute atomic E-state index is 13.0. The fourth-order valence-corrected chi connectivity index (χ4v) is 3.83. The normalized spacial score (nSPS) is 12.4. The van der Waals surface area contributed by atoms with E-state index in [1.807, 2.05) is 45.0 Å². The van der Waals surface area contributed by atoms with E-state index in [0.29, 0.717) is 10.7 Å². The van der Waals surface area contributed by atoms with Gasteiger partial charge in [-0.1, -0.05) is 43.3 Å². The molecule has 0 unspecified atom stereocenters. The highest BCUT2D eigenvalue weighted by Gasteiger charge is 2.23. The van der Waals surface area contributed by atoms with Crippen molar-refractivity contribution >= 4 is 28.4 Å². The molecule has 3 rings (SSSR count). The molecule has 130 valence electrons. The van der Waals surface area contributed by atoms with Crippen LogP contribution in [0, 0.1) is 6.92 Å². The second-order valence-electron chi connectivity index (χ2n) is 6.09. The molecule has 0 saturated heterocycles. The van der Waals surface area contributed by atoms with Crippen LogP contribution in [-0.4, -0.2) is 26.0 Å². The van der Waals surface area contributed by atoms with Gasteiger partial charge in [-0.25, -0.2) is 4.98 Å². The van der Waals surface area contributed by atoms with Gasteiger partial charge in [-0.05, 0) is 26.3 Å². The van der Waals surface area contributed by atoms with Gasteiger partial charge < -0.3 is 9.97 Å². The average molecular weight is 355 g/mol.